The van der Waals surface area contributed by atoms with E-state index in [1.807, 2.05) is 60.7 Å². The molecule has 3 aromatic carbocycles. The van der Waals surface area contributed by atoms with Gasteiger partial charge in [-0.25, -0.2) is 4.79 Å². The highest BCUT2D eigenvalue weighted by molar-refractivity contribution is 5.94. The lowest BCUT2D eigenvalue weighted by atomic mass is 10.1. The molecule has 0 aliphatic carbocycles. The predicted molar refractivity (Wildman–Crippen MR) is 122 cm³/mol. The summed E-state index contributed by atoms with van der Waals surface area (Å²) in [6, 6.07) is 26.0. The van der Waals surface area contributed by atoms with Gasteiger partial charge >= 0.3 is 5.97 Å². The number of ether oxygens (including phenoxy) is 3. The van der Waals surface area contributed by atoms with E-state index in [1.54, 1.807) is 31.2 Å². The van der Waals surface area contributed by atoms with E-state index in [0.717, 1.165) is 11.3 Å². The Morgan fingerprint density at radius 1 is 0.812 bits per heavy atom. The topological polar surface area (TPSA) is 73.9 Å². The number of benzene rings is 3. The third kappa shape index (κ3) is 7.16. The summed E-state index contributed by atoms with van der Waals surface area (Å²) in [5.41, 5.74) is 1.39. The van der Waals surface area contributed by atoms with Crippen molar-refractivity contribution in [2.75, 3.05) is 19.8 Å². The average Bonchev–Trinajstić information content (AvgIpc) is 2.83. The fourth-order valence-corrected chi connectivity index (χ4v) is 2.99. The van der Waals surface area contributed by atoms with Gasteiger partial charge in [-0.1, -0.05) is 60.7 Å². The van der Waals surface area contributed by atoms with Crippen molar-refractivity contribution in [1.82, 2.24) is 5.32 Å². The number of carbonyl (C=O) groups is 2. The first-order valence-corrected chi connectivity index (χ1v) is 10.6. The number of para-hydroxylation sites is 2. The minimum absolute atomic E-state index is 0.259. The maximum atomic E-state index is 12.6. The van der Waals surface area contributed by atoms with E-state index >= 15 is 0 Å². The number of hydrogen-bond donors (Lipinski definition) is 1. The van der Waals surface area contributed by atoms with Gasteiger partial charge in [-0.3, -0.25) is 4.79 Å². The predicted octanol–water partition coefficient (Wildman–Crippen LogP) is 4.05. The van der Waals surface area contributed by atoms with E-state index in [-0.39, 0.29) is 18.1 Å². The zero-order valence-electron chi connectivity index (χ0n) is 18.0. The van der Waals surface area contributed by atoms with Gasteiger partial charge in [0.25, 0.3) is 5.91 Å². The highest BCUT2D eigenvalue weighted by Crippen LogP contribution is 2.20. The average molecular weight is 434 g/mol. The van der Waals surface area contributed by atoms with E-state index in [2.05, 4.69) is 5.32 Å². The molecule has 0 spiro atoms. The van der Waals surface area contributed by atoms with Crippen molar-refractivity contribution in [3.05, 3.63) is 96.1 Å². The summed E-state index contributed by atoms with van der Waals surface area (Å²) in [7, 11) is 0. The number of nitrogens with one attached hydrogen (secondary N) is 1. The third-order valence-corrected chi connectivity index (χ3v) is 4.67. The van der Waals surface area contributed by atoms with E-state index in [9.17, 15) is 9.59 Å². The first-order valence-electron chi connectivity index (χ1n) is 10.6. The Labute approximate surface area is 188 Å². The Hall–Kier alpha value is -3.80. The largest absolute Gasteiger partial charge is 0.490 e. The second-order valence-electron chi connectivity index (χ2n) is 7.08. The molecule has 0 aliphatic heterocycles. The number of esters is 1. The van der Waals surface area contributed by atoms with Crippen molar-refractivity contribution >= 4 is 11.9 Å². The minimum atomic E-state index is -0.923. The third-order valence-electron chi connectivity index (χ3n) is 4.67. The van der Waals surface area contributed by atoms with Gasteiger partial charge in [0.2, 0.25) is 0 Å². The van der Waals surface area contributed by atoms with Crippen LogP contribution in [0, 0.1) is 0 Å². The van der Waals surface area contributed by atoms with E-state index < -0.39 is 12.1 Å². The maximum Gasteiger partial charge on any atom is 0.342 e. The lowest BCUT2D eigenvalue weighted by Gasteiger charge is -2.15. The van der Waals surface area contributed by atoms with Gasteiger partial charge in [-0.2, -0.15) is 0 Å². The molecule has 0 radical (unpaired) electrons. The Kier molecular flexibility index (Phi) is 8.69. The molecule has 1 amide bonds. The van der Waals surface area contributed by atoms with Gasteiger partial charge in [-0.05, 0) is 43.2 Å². The highest BCUT2D eigenvalue weighted by Gasteiger charge is 2.21. The Bertz CT molecular complexity index is 991. The summed E-state index contributed by atoms with van der Waals surface area (Å²) in [5.74, 6) is 0.168. The standard InChI is InChI=1S/C26H27NO5/c1-20(25(28)27-17-16-21-10-4-2-5-11-21)32-26(29)23-14-8-9-15-24(23)31-19-18-30-22-12-6-3-7-13-22/h2-15,20H,16-19H2,1H3,(H,27,28). The lowest BCUT2D eigenvalue weighted by Crippen LogP contribution is -2.37. The maximum absolute atomic E-state index is 12.6. The van der Waals surface area contributed by atoms with Crippen molar-refractivity contribution in [2.24, 2.45) is 0 Å². The Morgan fingerprint density at radius 3 is 2.19 bits per heavy atom. The Morgan fingerprint density at radius 2 is 1.44 bits per heavy atom. The van der Waals surface area contributed by atoms with E-state index in [1.165, 1.54) is 0 Å². The normalized spacial score (nSPS) is 11.3. The molecule has 166 valence electrons. The highest BCUT2D eigenvalue weighted by atomic mass is 16.6. The second kappa shape index (κ2) is 12.2. The quantitative estimate of drug-likeness (QED) is 0.365. The van der Waals surface area contributed by atoms with Crippen LogP contribution >= 0.6 is 0 Å². The first-order chi connectivity index (χ1) is 15.6. The molecule has 1 unspecified atom stereocenters. The number of rotatable bonds is 11. The number of carbonyl (C=O) groups excluding carboxylic acids is 2. The van der Waals surface area contributed by atoms with Gasteiger partial charge in [0.1, 0.15) is 30.3 Å². The minimum Gasteiger partial charge on any atom is -0.490 e. The van der Waals surface area contributed by atoms with E-state index in [4.69, 9.17) is 14.2 Å². The fraction of sp³-hybridized carbons (Fsp3) is 0.231. The second-order valence-corrected chi connectivity index (χ2v) is 7.08. The van der Waals surface area contributed by atoms with Gasteiger partial charge in [-0.15, -0.1) is 0 Å². The molecule has 0 aromatic heterocycles. The van der Waals surface area contributed by atoms with Crippen LogP contribution in [0.1, 0.15) is 22.8 Å². The van der Waals surface area contributed by atoms with Crippen LogP contribution in [-0.4, -0.2) is 37.7 Å². The molecule has 32 heavy (non-hydrogen) atoms. The van der Waals surface area contributed by atoms with Crippen LogP contribution in [-0.2, 0) is 16.0 Å². The summed E-state index contributed by atoms with van der Waals surface area (Å²) in [6.45, 7) is 2.60. The fourth-order valence-electron chi connectivity index (χ4n) is 2.99. The van der Waals surface area contributed by atoms with Crippen LogP contribution in [0.4, 0.5) is 0 Å². The van der Waals surface area contributed by atoms with Crippen LogP contribution in [0.15, 0.2) is 84.9 Å². The molecule has 0 fully saturated rings. The molecule has 0 heterocycles. The van der Waals surface area contributed by atoms with Gasteiger partial charge in [0, 0.05) is 6.54 Å². The monoisotopic (exact) mass is 433 g/mol. The smallest absolute Gasteiger partial charge is 0.342 e. The number of hydrogen-bond acceptors (Lipinski definition) is 5. The van der Waals surface area contributed by atoms with Crippen LogP contribution in [0.25, 0.3) is 0 Å². The van der Waals surface area contributed by atoms with Crippen LogP contribution in [0.3, 0.4) is 0 Å². The van der Waals surface area contributed by atoms with Crippen LogP contribution in [0.5, 0.6) is 11.5 Å². The summed E-state index contributed by atoms with van der Waals surface area (Å²) in [5, 5.41) is 2.80. The zero-order valence-corrected chi connectivity index (χ0v) is 18.0. The van der Waals surface area contributed by atoms with Crippen molar-refractivity contribution in [3.8, 4) is 11.5 Å². The molecule has 1 N–H and O–H groups in total. The van der Waals surface area contributed by atoms with Crippen molar-refractivity contribution in [1.29, 1.82) is 0 Å². The van der Waals surface area contributed by atoms with Gasteiger partial charge < -0.3 is 19.5 Å². The molecular formula is C26H27NO5. The SMILES string of the molecule is CC(OC(=O)c1ccccc1OCCOc1ccccc1)C(=O)NCCc1ccccc1. The summed E-state index contributed by atoms with van der Waals surface area (Å²) in [4.78, 5) is 24.9. The molecule has 0 saturated heterocycles. The van der Waals surface area contributed by atoms with Crippen LogP contribution < -0.4 is 14.8 Å². The molecule has 3 rings (SSSR count). The first kappa shape index (κ1) is 22.9. The summed E-state index contributed by atoms with van der Waals surface area (Å²) < 4.78 is 16.7. The van der Waals surface area contributed by atoms with E-state index in [0.29, 0.717) is 25.3 Å². The molecule has 0 bridgehead atoms. The van der Waals surface area contributed by atoms with Gasteiger partial charge in [0.05, 0.1) is 0 Å². The zero-order chi connectivity index (χ0) is 22.6. The molecule has 0 aliphatic rings. The van der Waals surface area contributed by atoms with Gasteiger partial charge in [0.15, 0.2) is 6.10 Å². The van der Waals surface area contributed by atoms with Crippen molar-refractivity contribution in [3.63, 3.8) is 0 Å². The molecular weight excluding hydrogens is 406 g/mol. The van der Waals surface area contributed by atoms with Crippen molar-refractivity contribution in [2.45, 2.75) is 19.4 Å². The molecule has 3 aromatic rings. The van der Waals surface area contributed by atoms with Crippen LogP contribution in [0.2, 0.25) is 0 Å². The number of amides is 1. The molecule has 6 heteroatoms. The molecule has 6 nitrogen and oxygen atoms in total. The van der Waals surface area contributed by atoms with Crippen molar-refractivity contribution < 1.29 is 23.8 Å². The summed E-state index contributed by atoms with van der Waals surface area (Å²) >= 11 is 0. The lowest BCUT2D eigenvalue weighted by molar-refractivity contribution is -0.129. The molecule has 1 atom stereocenters. The summed E-state index contributed by atoms with van der Waals surface area (Å²) in [6.07, 6.45) is -0.220. The molecule has 0 saturated carbocycles. The Balaban J connectivity index is 1.46.